The molecule has 3 heteroatoms. The number of nitrogens with zero attached hydrogens (tertiary/aromatic N) is 2. The Kier molecular flexibility index (Phi) is 3.77. The summed E-state index contributed by atoms with van der Waals surface area (Å²) in [4.78, 5) is 9.04. The molecule has 0 aliphatic heterocycles. The van der Waals surface area contributed by atoms with E-state index in [1.807, 2.05) is 13.0 Å². The molecule has 1 aromatic rings. The maximum atomic E-state index is 4.58. The molecule has 3 nitrogen and oxygen atoms in total. The third-order valence-corrected chi connectivity index (χ3v) is 3.01. The van der Waals surface area contributed by atoms with Crippen LogP contribution in [0.15, 0.2) is 18.2 Å². The van der Waals surface area contributed by atoms with Crippen LogP contribution in [0.5, 0.6) is 0 Å². The first-order chi connectivity index (χ1) is 8.15. The van der Waals surface area contributed by atoms with Crippen LogP contribution in [0.1, 0.15) is 50.5 Å². The number of hydrogen-bond acceptors (Lipinski definition) is 3. The van der Waals surface area contributed by atoms with E-state index in [2.05, 4.69) is 41.3 Å². The van der Waals surface area contributed by atoms with E-state index >= 15 is 0 Å². The molecule has 0 fully saturated rings. The van der Waals surface area contributed by atoms with E-state index in [4.69, 9.17) is 0 Å². The molecule has 0 saturated carbocycles. The smallest absolute Gasteiger partial charge is 0.133 e. The molecule has 0 radical (unpaired) electrons. The number of nitrogens with one attached hydrogen (secondary N) is 1. The van der Waals surface area contributed by atoms with Gasteiger partial charge in [0, 0.05) is 23.7 Å². The average molecular weight is 231 g/mol. The molecule has 1 aliphatic rings. The minimum absolute atomic E-state index is 0.377. The van der Waals surface area contributed by atoms with Gasteiger partial charge in [0.1, 0.15) is 11.6 Å². The molecule has 1 atom stereocenters. The molecule has 1 aliphatic carbocycles. The molecule has 92 valence electrons. The maximum absolute atomic E-state index is 4.58. The summed E-state index contributed by atoms with van der Waals surface area (Å²) in [6.45, 7) is 6.28. The van der Waals surface area contributed by atoms with Gasteiger partial charge in [-0.3, -0.25) is 0 Å². The Balaban J connectivity index is 2.12. The number of aromatic nitrogens is 2. The van der Waals surface area contributed by atoms with Crippen LogP contribution in [0.2, 0.25) is 0 Å². The largest absolute Gasteiger partial charge is 0.367 e. The Morgan fingerprint density at radius 1 is 1.29 bits per heavy atom. The van der Waals surface area contributed by atoms with Crippen LogP contribution < -0.4 is 5.32 Å². The second-order valence-electron chi connectivity index (χ2n) is 5.03. The van der Waals surface area contributed by atoms with Crippen LogP contribution in [0, 0.1) is 6.92 Å². The van der Waals surface area contributed by atoms with Gasteiger partial charge >= 0.3 is 0 Å². The highest BCUT2D eigenvalue weighted by Crippen LogP contribution is 2.18. The Bertz CT molecular complexity index is 410. The summed E-state index contributed by atoms with van der Waals surface area (Å²) in [6.07, 6.45) is 7.96. The summed E-state index contributed by atoms with van der Waals surface area (Å²) in [6, 6.07) is 2.55. The highest BCUT2D eigenvalue weighted by molar-refractivity contribution is 5.37. The predicted molar refractivity (Wildman–Crippen MR) is 71.3 cm³/mol. The molecule has 17 heavy (non-hydrogen) atoms. The molecular weight excluding hydrogens is 210 g/mol. The minimum Gasteiger partial charge on any atom is -0.367 e. The van der Waals surface area contributed by atoms with E-state index in [0.717, 1.165) is 23.8 Å². The molecule has 0 aromatic carbocycles. The van der Waals surface area contributed by atoms with Gasteiger partial charge in [0.2, 0.25) is 0 Å². The van der Waals surface area contributed by atoms with E-state index in [1.54, 1.807) is 0 Å². The molecule has 1 heterocycles. The predicted octanol–water partition coefficient (Wildman–Crippen LogP) is 3.43. The lowest BCUT2D eigenvalue weighted by molar-refractivity contribution is 0.639. The zero-order valence-corrected chi connectivity index (χ0v) is 10.9. The first-order valence-corrected chi connectivity index (χ1v) is 6.42. The standard InChI is InChI=1S/C14H21N3/c1-10(2)14-15-11(3)9-13(17-14)16-12-7-5-4-6-8-12/h4-5,9-10,12H,6-8H2,1-3H3,(H,15,16,17). The Morgan fingerprint density at radius 3 is 2.76 bits per heavy atom. The summed E-state index contributed by atoms with van der Waals surface area (Å²) in [7, 11) is 0. The molecule has 1 N–H and O–H groups in total. The van der Waals surface area contributed by atoms with Gasteiger partial charge in [0.25, 0.3) is 0 Å². The van der Waals surface area contributed by atoms with Gasteiger partial charge in [-0.05, 0) is 26.2 Å². The number of allylic oxidation sites excluding steroid dienone is 1. The van der Waals surface area contributed by atoms with Crippen LogP contribution in [-0.2, 0) is 0 Å². The van der Waals surface area contributed by atoms with Crippen molar-refractivity contribution in [1.82, 2.24) is 9.97 Å². The van der Waals surface area contributed by atoms with Crippen molar-refractivity contribution in [2.24, 2.45) is 0 Å². The zero-order valence-electron chi connectivity index (χ0n) is 10.9. The molecule has 0 saturated heterocycles. The Hall–Kier alpha value is -1.38. The Labute approximate surface area is 103 Å². The number of anilines is 1. The van der Waals surface area contributed by atoms with Crippen molar-refractivity contribution in [3.63, 3.8) is 0 Å². The van der Waals surface area contributed by atoms with Crippen LogP contribution in [0.3, 0.4) is 0 Å². The molecular formula is C14H21N3. The SMILES string of the molecule is Cc1cc(NC2CC=CCC2)nc(C(C)C)n1. The van der Waals surface area contributed by atoms with Crippen molar-refractivity contribution in [3.8, 4) is 0 Å². The number of rotatable bonds is 3. The first kappa shape index (κ1) is 12.1. The van der Waals surface area contributed by atoms with Gasteiger partial charge in [-0.15, -0.1) is 0 Å². The summed E-state index contributed by atoms with van der Waals surface area (Å²) in [5.74, 6) is 2.28. The lowest BCUT2D eigenvalue weighted by Crippen LogP contribution is -2.21. The van der Waals surface area contributed by atoms with Gasteiger partial charge in [-0.1, -0.05) is 26.0 Å². The normalized spacial score (nSPS) is 19.6. The fraction of sp³-hybridized carbons (Fsp3) is 0.571. The minimum atomic E-state index is 0.377. The monoisotopic (exact) mass is 231 g/mol. The van der Waals surface area contributed by atoms with Gasteiger partial charge in [-0.2, -0.15) is 0 Å². The second kappa shape index (κ2) is 5.30. The maximum Gasteiger partial charge on any atom is 0.133 e. The van der Waals surface area contributed by atoms with Gasteiger partial charge in [0.15, 0.2) is 0 Å². The van der Waals surface area contributed by atoms with E-state index < -0.39 is 0 Å². The highest BCUT2D eigenvalue weighted by Gasteiger charge is 2.12. The first-order valence-electron chi connectivity index (χ1n) is 6.42. The van der Waals surface area contributed by atoms with Gasteiger partial charge < -0.3 is 5.32 Å². The van der Waals surface area contributed by atoms with Crippen LogP contribution in [0.25, 0.3) is 0 Å². The third-order valence-electron chi connectivity index (χ3n) is 3.01. The summed E-state index contributed by atoms with van der Waals surface area (Å²) in [5.41, 5.74) is 1.04. The summed E-state index contributed by atoms with van der Waals surface area (Å²) in [5, 5.41) is 3.51. The molecule has 0 amide bonds. The second-order valence-corrected chi connectivity index (χ2v) is 5.03. The van der Waals surface area contributed by atoms with Crippen molar-refractivity contribution in [1.29, 1.82) is 0 Å². The molecule has 1 unspecified atom stereocenters. The van der Waals surface area contributed by atoms with Gasteiger partial charge in [0.05, 0.1) is 0 Å². The lowest BCUT2D eigenvalue weighted by atomic mass is 10.0. The summed E-state index contributed by atoms with van der Waals surface area (Å²) < 4.78 is 0. The van der Waals surface area contributed by atoms with Crippen LogP contribution >= 0.6 is 0 Å². The van der Waals surface area contributed by atoms with E-state index in [-0.39, 0.29) is 0 Å². The van der Waals surface area contributed by atoms with Crippen molar-refractivity contribution >= 4 is 5.82 Å². The van der Waals surface area contributed by atoms with E-state index in [1.165, 1.54) is 12.8 Å². The number of aryl methyl sites for hydroxylation is 1. The zero-order chi connectivity index (χ0) is 12.3. The van der Waals surface area contributed by atoms with Crippen molar-refractivity contribution < 1.29 is 0 Å². The van der Waals surface area contributed by atoms with Crippen LogP contribution in [0.4, 0.5) is 5.82 Å². The van der Waals surface area contributed by atoms with Crippen LogP contribution in [-0.4, -0.2) is 16.0 Å². The van der Waals surface area contributed by atoms with Crippen molar-refractivity contribution in [2.45, 2.75) is 52.0 Å². The molecule has 2 rings (SSSR count). The fourth-order valence-electron chi connectivity index (χ4n) is 2.06. The van der Waals surface area contributed by atoms with Gasteiger partial charge in [-0.25, -0.2) is 9.97 Å². The summed E-state index contributed by atoms with van der Waals surface area (Å²) >= 11 is 0. The Morgan fingerprint density at radius 2 is 2.12 bits per heavy atom. The number of hydrogen-bond donors (Lipinski definition) is 1. The quantitative estimate of drug-likeness (QED) is 0.810. The third kappa shape index (κ3) is 3.29. The lowest BCUT2D eigenvalue weighted by Gasteiger charge is -2.20. The van der Waals surface area contributed by atoms with Crippen molar-refractivity contribution in [2.75, 3.05) is 5.32 Å². The topological polar surface area (TPSA) is 37.8 Å². The average Bonchev–Trinajstić information content (AvgIpc) is 2.29. The van der Waals surface area contributed by atoms with E-state index in [0.29, 0.717) is 12.0 Å². The molecule has 1 aromatic heterocycles. The van der Waals surface area contributed by atoms with E-state index in [9.17, 15) is 0 Å². The molecule has 0 bridgehead atoms. The fourth-order valence-corrected chi connectivity index (χ4v) is 2.06. The van der Waals surface area contributed by atoms with Crippen molar-refractivity contribution in [3.05, 3.63) is 29.7 Å². The molecule has 0 spiro atoms. The highest BCUT2D eigenvalue weighted by atomic mass is 15.1.